The zero-order chi connectivity index (χ0) is 19.3. The fraction of sp³-hybridized carbons (Fsp3) is 0.0909. The van der Waals surface area contributed by atoms with Crippen LogP contribution in [0.15, 0.2) is 83.3 Å². The van der Waals surface area contributed by atoms with Gasteiger partial charge in [0.05, 0.1) is 7.11 Å². The molecular formula is C22H18FN3O2. The van der Waals surface area contributed by atoms with Crippen LogP contribution >= 0.6 is 0 Å². The van der Waals surface area contributed by atoms with Gasteiger partial charge < -0.3 is 14.5 Å². The van der Waals surface area contributed by atoms with Gasteiger partial charge in [-0.05, 0) is 30.3 Å². The summed E-state index contributed by atoms with van der Waals surface area (Å²) in [6.45, 7) is 0. The number of halogens is 1. The highest BCUT2D eigenvalue weighted by Gasteiger charge is 2.24. The molecule has 6 heteroatoms. The summed E-state index contributed by atoms with van der Waals surface area (Å²) in [7, 11) is 1.59. The highest BCUT2D eigenvalue weighted by molar-refractivity contribution is 5.53. The first kappa shape index (κ1) is 17.7. The summed E-state index contributed by atoms with van der Waals surface area (Å²) in [6.07, 6.45) is 0. The molecule has 4 aromatic rings. The van der Waals surface area contributed by atoms with Crippen molar-refractivity contribution in [3.63, 3.8) is 0 Å². The van der Waals surface area contributed by atoms with Gasteiger partial charge in [0.2, 0.25) is 11.8 Å². The number of methoxy groups -OCH3 is 1. The zero-order valence-electron chi connectivity index (χ0n) is 15.2. The second kappa shape index (κ2) is 7.92. The minimum atomic E-state index is -0.654. The van der Waals surface area contributed by atoms with E-state index in [1.807, 2.05) is 54.6 Å². The third kappa shape index (κ3) is 3.71. The van der Waals surface area contributed by atoms with Crippen LogP contribution in [0.2, 0.25) is 0 Å². The Kier molecular flexibility index (Phi) is 5.01. The fourth-order valence-corrected chi connectivity index (χ4v) is 2.91. The van der Waals surface area contributed by atoms with Gasteiger partial charge in [0.1, 0.15) is 17.6 Å². The molecule has 5 nitrogen and oxygen atoms in total. The predicted molar refractivity (Wildman–Crippen MR) is 105 cm³/mol. The largest absolute Gasteiger partial charge is 0.497 e. The molecule has 1 atom stereocenters. The van der Waals surface area contributed by atoms with Gasteiger partial charge in [-0.1, -0.05) is 42.5 Å². The SMILES string of the molecule is COc1cccc(N[C@@H](c2nnc(-c3ccccc3)o2)c2ccccc2F)c1. The van der Waals surface area contributed by atoms with Gasteiger partial charge in [-0.3, -0.25) is 0 Å². The number of hydrogen-bond donors (Lipinski definition) is 1. The van der Waals surface area contributed by atoms with Gasteiger partial charge in [-0.15, -0.1) is 10.2 Å². The highest BCUT2D eigenvalue weighted by atomic mass is 19.1. The zero-order valence-corrected chi connectivity index (χ0v) is 15.2. The Labute approximate surface area is 161 Å². The van der Waals surface area contributed by atoms with E-state index in [0.29, 0.717) is 17.2 Å². The molecule has 0 unspecified atom stereocenters. The van der Waals surface area contributed by atoms with Gasteiger partial charge in [0, 0.05) is 22.9 Å². The molecule has 1 heterocycles. The van der Waals surface area contributed by atoms with Gasteiger partial charge in [-0.25, -0.2) is 4.39 Å². The number of rotatable bonds is 6. The van der Waals surface area contributed by atoms with Crippen LogP contribution in [0.3, 0.4) is 0 Å². The summed E-state index contributed by atoms with van der Waals surface area (Å²) in [5.41, 5.74) is 1.95. The molecule has 3 aromatic carbocycles. The maximum atomic E-state index is 14.5. The summed E-state index contributed by atoms with van der Waals surface area (Å²) >= 11 is 0. The predicted octanol–water partition coefficient (Wildman–Crippen LogP) is 5.09. The van der Waals surface area contributed by atoms with E-state index < -0.39 is 6.04 Å². The van der Waals surface area contributed by atoms with Crippen LogP contribution in [0.25, 0.3) is 11.5 Å². The molecular weight excluding hydrogens is 357 g/mol. The molecule has 1 aromatic heterocycles. The lowest BCUT2D eigenvalue weighted by atomic mass is 10.1. The number of ether oxygens (including phenoxy) is 1. The molecule has 0 saturated heterocycles. The van der Waals surface area contributed by atoms with Crippen molar-refractivity contribution < 1.29 is 13.5 Å². The minimum Gasteiger partial charge on any atom is -0.497 e. The van der Waals surface area contributed by atoms with Crippen LogP contribution in [0.5, 0.6) is 5.75 Å². The summed E-state index contributed by atoms with van der Waals surface area (Å²) < 4.78 is 25.7. The quantitative estimate of drug-likeness (QED) is 0.509. The maximum Gasteiger partial charge on any atom is 0.247 e. The smallest absolute Gasteiger partial charge is 0.247 e. The van der Waals surface area contributed by atoms with E-state index in [1.54, 1.807) is 25.3 Å². The van der Waals surface area contributed by atoms with Crippen molar-refractivity contribution >= 4 is 5.69 Å². The van der Waals surface area contributed by atoms with Crippen molar-refractivity contribution in [2.24, 2.45) is 0 Å². The van der Waals surface area contributed by atoms with Crippen LogP contribution in [0.1, 0.15) is 17.5 Å². The minimum absolute atomic E-state index is 0.270. The Hall–Kier alpha value is -3.67. The van der Waals surface area contributed by atoms with E-state index in [0.717, 1.165) is 11.3 Å². The van der Waals surface area contributed by atoms with Gasteiger partial charge in [0.25, 0.3) is 0 Å². The Morgan fingerprint density at radius 2 is 1.71 bits per heavy atom. The first-order valence-corrected chi connectivity index (χ1v) is 8.78. The number of benzene rings is 3. The molecule has 140 valence electrons. The fourth-order valence-electron chi connectivity index (χ4n) is 2.91. The molecule has 0 spiro atoms. The summed E-state index contributed by atoms with van der Waals surface area (Å²) in [6, 6.07) is 22.7. The third-order valence-electron chi connectivity index (χ3n) is 4.31. The highest BCUT2D eigenvalue weighted by Crippen LogP contribution is 2.30. The van der Waals surface area contributed by atoms with Crippen LogP contribution in [0, 0.1) is 5.82 Å². The molecule has 0 aliphatic rings. The average molecular weight is 375 g/mol. The van der Waals surface area contributed by atoms with E-state index in [9.17, 15) is 4.39 Å². The standard InChI is InChI=1S/C22H18FN3O2/c1-27-17-11-7-10-16(14-17)24-20(18-12-5-6-13-19(18)23)22-26-25-21(28-22)15-8-3-2-4-9-15/h2-14,20,24H,1H3/t20-/m1/s1. The van der Waals surface area contributed by atoms with E-state index in [1.165, 1.54) is 6.07 Å². The topological polar surface area (TPSA) is 60.2 Å². The number of anilines is 1. The Morgan fingerprint density at radius 3 is 2.50 bits per heavy atom. The Balaban J connectivity index is 1.73. The van der Waals surface area contributed by atoms with E-state index in [4.69, 9.17) is 9.15 Å². The van der Waals surface area contributed by atoms with Crippen LogP contribution in [-0.2, 0) is 0 Å². The lowest BCUT2D eigenvalue weighted by molar-refractivity contribution is 0.415. The average Bonchev–Trinajstić information content (AvgIpc) is 3.23. The monoisotopic (exact) mass is 375 g/mol. The molecule has 28 heavy (non-hydrogen) atoms. The lowest BCUT2D eigenvalue weighted by Gasteiger charge is -2.18. The second-order valence-electron chi connectivity index (χ2n) is 6.14. The Bertz CT molecular complexity index is 1070. The van der Waals surface area contributed by atoms with E-state index in [2.05, 4.69) is 15.5 Å². The molecule has 0 amide bonds. The first-order chi connectivity index (χ1) is 13.7. The molecule has 0 saturated carbocycles. The second-order valence-corrected chi connectivity index (χ2v) is 6.14. The number of hydrogen-bond acceptors (Lipinski definition) is 5. The van der Waals surface area contributed by atoms with E-state index in [-0.39, 0.29) is 11.7 Å². The normalized spacial score (nSPS) is 11.8. The molecule has 0 aliphatic heterocycles. The summed E-state index contributed by atoms with van der Waals surface area (Å²) in [5.74, 6) is 0.978. The Morgan fingerprint density at radius 1 is 0.929 bits per heavy atom. The first-order valence-electron chi connectivity index (χ1n) is 8.78. The van der Waals surface area contributed by atoms with Crippen LogP contribution < -0.4 is 10.1 Å². The molecule has 1 N–H and O–H groups in total. The molecule has 4 rings (SSSR count). The van der Waals surface area contributed by atoms with E-state index >= 15 is 0 Å². The number of nitrogens with one attached hydrogen (secondary N) is 1. The van der Waals surface area contributed by atoms with Crippen molar-refractivity contribution in [2.75, 3.05) is 12.4 Å². The van der Waals surface area contributed by atoms with Crippen molar-refractivity contribution in [1.29, 1.82) is 0 Å². The molecule has 0 radical (unpaired) electrons. The third-order valence-corrected chi connectivity index (χ3v) is 4.31. The summed E-state index contributed by atoms with van der Waals surface area (Å²) in [4.78, 5) is 0. The molecule has 0 bridgehead atoms. The molecule has 0 fully saturated rings. The van der Waals surface area contributed by atoms with Crippen molar-refractivity contribution in [3.05, 3.63) is 96.1 Å². The van der Waals surface area contributed by atoms with Crippen molar-refractivity contribution in [1.82, 2.24) is 10.2 Å². The number of nitrogens with zero attached hydrogens (tertiary/aromatic N) is 2. The molecule has 0 aliphatic carbocycles. The number of aromatic nitrogens is 2. The van der Waals surface area contributed by atoms with Gasteiger partial charge in [-0.2, -0.15) is 0 Å². The summed E-state index contributed by atoms with van der Waals surface area (Å²) in [5, 5.41) is 11.6. The van der Waals surface area contributed by atoms with Crippen LogP contribution in [0.4, 0.5) is 10.1 Å². The lowest BCUT2D eigenvalue weighted by Crippen LogP contribution is -2.14. The maximum absolute atomic E-state index is 14.5. The van der Waals surface area contributed by atoms with Crippen molar-refractivity contribution in [2.45, 2.75) is 6.04 Å². The van der Waals surface area contributed by atoms with Gasteiger partial charge >= 0.3 is 0 Å². The van der Waals surface area contributed by atoms with Crippen LogP contribution in [-0.4, -0.2) is 17.3 Å². The van der Waals surface area contributed by atoms with Gasteiger partial charge in [0.15, 0.2) is 0 Å². The van der Waals surface area contributed by atoms with Crippen molar-refractivity contribution in [3.8, 4) is 17.2 Å².